The second kappa shape index (κ2) is 7.75. The Morgan fingerprint density at radius 3 is 2.59 bits per heavy atom. The van der Waals surface area contributed by atoms with E-state index in [1.54, 1.807) is 25.0 Å². The van der Waals surface area contributed by atoms with Crippen molar-refractivity contribution in [3.63, 3.8) is 0 Å². The summed E-state index contributed by atoms with van der Waals surface area (Å²) in [5.74, 6) is -0.138. The SMILES string of the molecule is CSc1ccc(CNC(=O)C(C)n2c3ccccc3c3cnn(C)c(=O)c32)cc1. The van der Waals surface area contributed by atoms with Gasteiger partial charge in [0.25, 0.3) is 5.56 Å². The summed E-state index contributed by atoms with van der Waals surface area (Å²) in [4.78, 5) is 27.0. The molecule has 1 amide bonds. The van der Waals surface area contributed by atoms with Crippen molar-refractivity contribution in [1.82, 2.24) is 19.7 Å². The number of para-hydroxylation sites is 1. The highest BCUT2D eigenvalue weighted by Crippen LogP contribution is 2.29. The molecule has 148 valence electrons. The molecule has 2 aromatic heterocycles. The standard InChI is InChI=1S/C22H22N4O2S/c1-14(21(27)23-12-15-8-10-16(29-3)11-9-15)26-19-7-5-4-6-17(19)18-13-24-25(2)22(28)20(18)26/h4-11,13-14H,12H2,1-3H3,(H,23,27). The minimum atomic E-state index is -0.544. The van der Waals surface area contributed by atoms with Crippen LogP contribution in [0, 0.1) is 0 Å². The molecular formula is C22H22N4O2S. The molecule has 4 rings (SSSR count). The minimum Gasteiger partial charge on any atom is -0.350 e. The second-order valence-electron chi connectivity index (χ2n) is 6.96. The van der Waals surface area contributed by atoms with Crippen LogP contribution in [0.5, 0.6) is 0 Å². The van der Waals surface area contributed by atoms with E-state index in [0.717, 1.165) is 21.9 Å². The number of carbonyl (C=O) groups excluding carboxylic acids is 1. The van der Waals surface area contributed by atoms with Crippen molar-refractivity contribution in [2.45, 2.75) is 24.4 Å². The van der Waals surface area contributed by atoms with E-state index in [1.165, 1.54) is 9.58 Å². The van der Waals surface area contributed by atoms with Crippen LogP contribution in [-0.2, 0) is 18.4 Å². The van der Waals surface area contributed by atoms with Crippen molar-refractivity contribution in [3.8, 4) is 0 Å². The van der Waals surface area contributed by atoms with Gasteiger partial charge in [-0.1, -0.05) is 30.3 Å². The molecule has 2 aromatic carbocycles. The Morgan fingerprint density at radius 2 is 1.86 bits per heavy atom. The van der Waals surface area contributed by atoms with E-state index >= 15 is 0 Å². The van der Waals surface area contributed by atoms with Crippen molar-refractivity contribution in [2.75, 3.05) is 6.26 Å². The van der Waals surface area contributed by atoms with Crippen LogP contribution < -0.4 is 10.9 Å². The van der Waals surface area contributed by atoms with Gasteiger partial charge in [0.2, 0.25) is 5.91 Å². The van der Waals surface area contributed by atoms with Crippen LogP contribution in [-0.4, -0.2) is 26.5 Å². The predicted molar refractivity (Wildman–Crippen MR) is 117 cm³/mol. The number of aromatic nitrogens is 3. The van der Waals surface area contributed by atoms with Gasteiger partial charge in [-0.2, -0.15) is 5.10 Å². The summed E-state index contributed by atoms with van der Waals surface area (Å²) < 4.78 is 3.12. The van der Waals surface area contributed by atoms with Crippen molar-refractivity contribution in [1.29, 1.82) is 0 Å². The molecule has 0 radical (unpaired) electrons. The molecule has 0 spiro atoms. The monoisotopic (exact) mass is 406 g/mol. The number of thioether (sulfide) groups is 1. The highest BCUT2D eigenvalue weighted by Gasteiger charge is 2.23. The van der Waals surface area contributed by atoms with Crippen LogP contribution in [0.1, 0.15) is 18.5 Å². The number of nitrogens with one attached hydrogen (secondary N) is 1. The number of nitrogens with zero attached hydrogens (tertiary/aromatic N) is 3. The average molecular weight is 407 g/mol. The molecule has 1 N–H and O–H groups in total. The largest absolute Gasteiger partial charge is 0.350 e. The van der Waals surface area contributed by atoms with E-state index in [4.69, 9.17) is 0 Å². The zero-order chi connectivity index (χ0) is 20.5. The summed E-state index contributed by atoms with van der Waals surface area (Å²) in [6, 6.07) is 15.3. The van der Waals surface area contributed by atoms with E-state index in [0.29, 0.717) is 12.1 Å². The fraction of sp³-hybridized carbons (Fsp3) is 0.227. The molecule has 0 fully saturated rings. The Hall–Kier alpha value is -3.06. The molecule has 2 heterocycles. The van der Waals surface area contributed by atoms with E-state index in [1.807, 2.05) is 66.3 Å². The number of hydrogen-bond acceptors (Lipinski definition) is 4. The summed E-state index contributed by atoms with van der Waals surface area (Å²) in [6.07, 6.45) is 3.72. The van der Waals surface area contributed by atoms with Crippen LogP contribution in [0.25, 0.3) is 21.8 Å². The average Bonchev–Trinajstić information content (AvgIpc) is 3.09. The lowest BCUT2D eigenvalue weighted by molar-refractivity contribution is -0.123. The smallest absolute Gasteiger partial charge is 0.291 e. The first-order valence-corrected chi connectivity index (χ1v) is 10.6. The van der Waals surface area contributed by atoms with Gasteiger partial charge < -0.3 is 9.88 Å². The molecule has 1 unspecified atom stereocenters. The first-order valence-electron chi connectivity index (χ1n) is 9.37. The fourth-order valence-corrected chi connectivity index (χ4v) is 4.00. The first kappa shape index (κ1) is 19.3. The predicted octanol–water partition coefficient (Wildman–Crippen LogP) is 3.49. The third-order valence-electron chi connectivity index (χ3n) is 5.20. The van der Waals surface area contributed by atoms with Gasteiger partial charge in [0, 0.05) is 29.3 Å². The highest BCUT2D eigenvalue weighted by atomic mass is 32.2. The molecule has 0 aliphatic heterocycles. The van der Waals surface area contributed by atoms with Gasteiger partial charge in [-0.3, -0.25) is 9.59 Å². The molecule has 7 heteroatoms. The maximum Gasteiger partial charge on any atom is 0.291 e. The van der Waals surface area contributed by atoms with Crippen LogP contribution in [0.15, 0.2) is 64.4 Å². The Kier molecular flexibility index (Phi) is 5.15. The van der Waals surface area contributed by atoms with Crippen LogP contribution in [0.2, 0.25) is 0 Å². The molecule has 0 saturated heterocycles. The number of rotatable bonds is 5. The van der Waals surface area contributed by atoms with Gasteiger partial charge in [-0.15, -0.1) is 11.8 Å². The van der Waals surface area contributed by atoms with Crippen molar-refractivity contribution < 1.29 is 4.79 Å². The Morgan fingerprint density at radius 1 is 1.14 bits per heavy atom. The Labute approximate surface area is 172 Å². The fourth-order valence-electron chi connectivity index (χ4n) is 3.59. The molecule has 1 atom stereocenters. The number of amides is 1. The summed E-state index contributed by atoms with van der Waals surface area (Å²) in [5, 5.41) is 8.83. The maximum atomic E-state index is 13.0. The third-order valence-corrected chi connectivity index (χ3v) is 5.94. The maximum absolute atomic E-state index is 13.0. The molecule has 0 aliphatic rings. The Bertz CT molecular complexity index is 1260. The van der Waals surface area contributed by atoms with Crippen molar-refractivity contribution in [3.05, 3.63) is 70.6 Å². The summed E-state index contributed by atoms with van der Waals surface area (Å²) in [7, 11) is 1.62. The lowest BCUT2D eigenvalue weighted by Crippen LogP contribution is -2.32. The van der Waals surface area contributed by atoms with E-state index in [2.05, 4.69) is 10.4 Å². The van der Waals surface area contributed by atoms with Gasteiger partial charge in [0.15, 0.2) is 0 Å². The summed E-state index contributed by atoms with van der Waals surface area (Å²) in [6.45, 7) is 2.26. The molecule has 29 heavy (non-hydrogen) atoms. The molecular weight excluding hydrogens is 384 g/mol. The van der Waals surface area contributed by atoms with E-state index in [9.17, 15) is 9.59 Å². The van der Waals surface area contributed by atoms with Crippen LogP contribution in [0.4, 0.5) is 0 Å². The number of hydrogen-bond donors (Lipinski definition) is 1. The molecule has 0 aliphatic carbocycles. The zero-order valence-corrected chi connectivity index (χ0v) is 17.4. The second-order valence-corrected chi connectivity index (χ2v) is 7.84. The van der Waals surface area contributed by atoms with Crippen LogP contribution >= 0.6 is 11.8 Å². The normalized spacial score (nSPS) is 12.4. The molecule has 4 aromatic rings. The lowest BCUT2D eigenvalue weighted by Gasteiger charge is -2.17. The quantitative estimate of drug-likeness (QED) is 0.515. The molecule has 0 bridgehead atoms. The van der Waals surface area contributed by atoms with Crippen molar-refractivity contribution in [2.24, 2.45) is 7.05 Å². The molecule has 6 nitrogen and oxygen atoms in total. The van der Waals surface area contributed by atoms with Gasteiger partial charge in [0.05, 0.1) is 11.7 Å². The van der Waals surface area contributed by atoms with Gasteiger partial charge in [-0.05, 0) is 36.9 Å². The minimum absolute atomic E-state index is 0.138. The highest BCUT2D eigenvalue weighted by molar-refractivity contribution is 7.98. The lowest BCUT2D eigenvalue weighted by atomic mass is 10.2. The van der Waals surface area contributed by atoms with E-state index in [-0.39, 0.29) is 11.5 Å². The third kappa shape index (κ3) is 3.42. The molecule has 0 saturated carbocycles. The summed E-state index contributed by atoms with van der Waals surface area (Å²) >= 11 is 1.68. The summed E-state index contributed by atoms with van der Waals surface area (Å²) in [5.41, 5.74) is 2.16. The van der Waals surface area contributed by atoms with Crippen LogP contribution in [0.3, 0.4) is 0 Å². The number of benzene rings is 2. The van der Waals surface area contributed by atoms with Crippen molar-refractivity contribution >= 4 is 39.5 Å². The topological polar surface area (TPSA) is 68.9 Å². The zero-order valence-electron chi connectivity index (χ0n) is 16.5. The van der Waals surface area contributed by atoms with Gasteiger partial charge in [0.1, 0.15) is 11.6 Å². The Balaban J connectivity index is 1.69. The van der Waals surface area contributed by atoms with E-state index < -0.39 is 6.04 Å². The van der Waals surface area contributed by atoms with Gasteiger partial charge in [-0.25, -0.2) is 4.68 Å². The number of carbonyl (C=O) groups is 1. The first-order chi connectivity index (χ1) is 14.0. The number of fused-ring (bicyclic) bond motifs is 3. The van der Waals surface area contributed by atoms with Gasteiger partial charge >= 0.3 is 0 Å². The number of aryl methyl sites for hydroxylation is 1.